The Morgan fingerprint density at radius 1 is 0.484 bits per heavy atom. The highest BCUT2D eigenvalue weighted by Gasteiger charge is 2.20. The summed E-state index contributed by atoms with van der Waals surface area (Å²) in [6.45, 7) is 33.6. The van der Waals surface area contributed by atoms with E-state index in [1.165, 1.54) is 56.1 Å². The Kier molecular flexibility index (Phi) is 19.3. The van der Waals surface area contributed by atoms with Crippen LogP contribution in [0.2, 0.25) is 0 Å². The van der Waals surface area contributed by atoms with Crippen LogP contribution in [-0.4, -0.2) is 17.3 Å². The number of halogens is 1. The predicted molar refractivity (Wildman–Crippen MR) is 274 cm³/mol. The van der Waals surface area contributed by atoms with E-state index < -0.39 is 0 Å². The number of hydrogen-bond donors (Lipinski definition) is 2. The summed E-state index contributed by atoms with van der Waals surface area (Å²) in [5.41, 5.74) is 16.0. The number of aliphatic hydroxyl groups is 2. The second-order valence-electron chi connectivity index (χ2n) is 22.2. The van der Waals surface area contributed by atoms with Gasteiger partial charge in [0.2, 0.25) is 0 Å². The number of allylic oxidation sites excluding steroid dienone is 2. The van der Waals surface area contributed by atoms with Crippen molar-refractivity contribution >= 4 is 12.2 Å². The van der Waals surface area contributed by atoms with Gasteiger partial charge in [-0.05, 0) is 107 Å². The van der Waals surface area contributed by atoms with Gasteiger partial charge < -0.3 is 14.9 Å². The summed E-state index contributed by atoms with van der Waals surface area (Å²) in [5.74, 6) is -0.337. The molecular weight excluding hydrogens is 788 g/mol. The van der Waals surface area contributed by atoms with Crippen LogP contribution in [0.5, 0.6) is 0 Å². The first kappa shape index (κ1) is 53.7. The molecule has 0 atom stereocenters. The van der Waals surface area contributed by atoms with E-state index in [0.29, 0.717) is 12.2 Å². The van der Waals surface area contributed by atoms with E-state index in [2.05, 4.69) is 201 Å². The number of hydrogen-bond acceptors (Lipinski definition) is 3. The van der Waals surface area contributed by atoms with Crippen molar-refractivity contribution in [2.75, 3.05) is 7.11 Å². The third-order valence-electron chi connectivity index (χ3n) is 11.5. The molecule has 0 saturated carbocycles. The van der Waals surface area contributed by atoms with Gasteiger partial charge in [0.1, 0.15) is 5.82 Å². The highest BCUT2D eigenvalue weighted by atomic mass is 19.1. The van der Waals surface area contributed by atoms with E-state index >= 15 is 0 Å². The first-order chi connectivity index (χ1) is 29.7. The third-order valence-corrected chi connectivity index (χ3v) is 11.5. The van der Waals surface area contributed by atoms with Crippen LogP contribution >= 0.6 is 0 Å². The minimum absolute atomic E-state index is 0.00236. The van der Waals surface area contributed by atoms with Crippen molar-refractivity contribution in [3.8, 4) is 0 Å². The summed E-state index contributed by atoms with van der Waals surface area (Å²) in [4.78, 5) is 0. The number of benzene rings is 5. The van der Waals surface area contributed by atoms with E-state index in [9.17, 15) is 4.39 Å². The third kappa shape index (κ3) is 16.7. The normalized spacial score (nSPS) is 12.9. The minimum atomic E-state index is -0.337. The summed E-state index contributed by atoms with van der Waals surface area (Å²) in [6.07, 6.45) is 11.2. The molecule has 2 aliphatic carbocycles. The van der Waals surface area contributed by atoms with Crippen LogP contribution in [0.25, 0.3) is 12.2 Å². The van der Waals surface area contributed by atoms with Crippen LogP contribution in [-0.2, 0) is 64.5 Å². The molecule has 64 heavy (non-hydrogen) atoms. The second-order valence-corrected chi connectivity index (χ2v) is 22.2. The molecule has 0 radical (unpaired) electrons. The molecule has 0 amide bonds. The number of ether oxygens (including phenoxy) is 1. The van der Waals surface area contributed by atoms with Crippen LogP contribution in [0.3, 0.4) is 0 Å². The quantitative estimate of drug-likeness (QED) is 0.189. The van der Waals surface area contributed by atoms with Crippen LogP contribution in [0.15, 0.2) is 115 Å². The van der Waals surface area contributed by atoms with Crippen molar-refractivity contribution < 1.29 is 19.3 Å². The molecule has 346 valence electrons. The van der Waals surface area contributed by atoms with E-state index in [1.54, 1.807) is 19.2 Å². The highest BCUT2D eigenvalue weighted by molar-refractivity contribution is 5.64. The van der Waals surface area contributed by atoms with Gasteiger partial charge in [-0.15, -0.1) is 0 Å². The Balaban J connectivity index is 0.000000213. The zero-order valence-electron chi connectivity index (χ0n) is 42.3. The fourth-order valence-corrected chi connectivity index (χ4v) is 7.20. The summed E-state index contributed by atoms with van der Waals surface area (Å²) in [5, 5.41) is 17.7. The zero-order valence-corrected chi connectivity index (χ0v) is 42.3. The first-order valence-corrected chi connectivity index (χ1v) is 23.0. The number of aliphatic hydroxyl groups excluding tert-OH is 2. The first-order valence-electron chi connectivity index (χ1n) is 23.0. The molecular formula is C60H81FO3. The summed E-state index contributed by atoms with van der Waals surface area (Å²) >= 11 is 0. The molecule has 5 aromatic carbocycles. The van der Waals surface area contributed by atoms with Gasteiger partial charge in [-0.2, -0.15) is 0 Å². The number of methoxy groups -OCH3 is 1. The largest absolute Gasteiger partial charge is 0.392 e. The maximum Gasteiger partial charge on any atom is 0.128 e. The fraction of sp³-hybridized carbons (Fsp3) is 0.433. The van der Waals surface area contributed by atoms with Gasteiger partial charge in [0.05, 0.1) is 19.8 Å². The monoisotopic (exact) mass is 869 g/mol. The Bertz CT molecular complexity index is 2260. The van der Waals surface area contributed by atoms with Gasteiger partial charge >= 0.3 is 0 Å². The molecule has 0 aliphatic heterocycles. The number of rotatable bonds is 4. The van der Waals surface area contributed by atoms with Gasteiger partial charge in [-0.3, -0.25) is 0 Å². The van der Waals surface area contributed by atoms with Crippen molar-refractivity contribution in [3.63, 3.8) is 0 Å². The van der Waals surface area contributed by atoms with Gasteiger partial charge in [0, 0.05) is 12.7 Å². The molecule has 3 nitrogen and oxygen atoms in total. The average Bonchev–Trinajstić information content (AvgIpc) is 3.91. The number of fused-ring (bicyclic) bond motifs is 2. The molecule has 0 unspecified atom stereocenters. The lowest BCUT2D eigenvalue weighted by atomic mass is 9.83. The van der Waals surface area contributed by atoms with Crippen molar-refractivity contribution in [1.82, 2.24) is 0 Å². The second kappa shape index (κ2) is 23.0. The van der Waals surface area contributed by atoms with E-state index in [1.807, 2.05) is 12.1 Å². The molecule has 2 N–H and O–H groups in total. The van der Waals surface area contributed by atoms with Gasteiger partial charge in [-0.25, -0.2) is 4.39 Å². The van der Waals surface area contributed by atoms with Crippen molar-refractivity contribution in [1.29, 1.82) is 0 Å². The van der Waals surface area contributed by atoms with Gasteiger partial charge in [0.25, 0.3) is 0 Å². The molecule has 0 heterocycles. The fourth-order valence-electron chi connectivity index (χ4n) is 7.20. The smallest absolute Gasteiger partial charge is 0.128 e. The molecule has 0 bridgehead atoms. The summed E-state index contributed by atoms with van der Waals surface area (Å²) < 4.78 is 18.1. The van der Waals surface area contributed by atoms with Gasteiger partial charge in [-0.1, -0.05) is 225 Å². The van der Waals surface area contributed by atoms with Crippen molar-refractivity contribution in [2.45, 2.75) is 164 Å². The topological polar surface area (TPSA) is 49.7 Å². The Morgan fingerprint density at radius 2 is 0.953 bits per heavy atom. The Labute approximate surface area is 388 Å². The summed E-state index contributed by atoms with van der Waals surface area (Å²) in [6, 6.07) is 35.1. The lowest BCUT2D eigenvalue weighted by Crippen LogP contribution is -2.13. The molecule has 0 fully saturated rings. The Hall–Kier alpha value is -4.61. The molecule has 0 spiro atoms. The lowest BCUT2D eigenvalue weighted by molar-refractivity contribution is 0.185. The SMILES string of the molecule is CC(C)(C)c1ccc(CO)cc1.CC(C)(C)c1ccc(F)c(CO)c1.CC(C)(C)c1ccc2c(c1)C=CC2.CC(C)(C)c1cccc2c1C=CC2.COCc1ccc(C(C)(C)C)cc1. The summed E-state index contributed by atoms with van der Waals surface area (Å²) in [7, 11) is 1.72. The standard InChI is InChI=1S/2C13H16.C12H18O.C11H15FO.C11H16O/c1-13(2,3)12-9-5-7-10-6-4-8-11(10)12;1-13(2,3)12-8-7-10-5-4-6-11(10)9-12;1-12(2,3)11-7-5-10(6-8-11)9-13-4;1-11(2,3)9-4-5-10(12)8(6-9)7-13;1-11(2,3)10-6-4-9(8-12)5-7-10/h4-5,7-9H,6H2,1-3H3;4,6-9H,5H2,1-3H3;5-8H,9H2,1-4H3;4-6,13H,7H2,1-3H3;4-7,12H,8H2,1-3H3. The van der Waals surface area contributed by atoms with Crippen LogP contribution < -0.4 is 0 Å². The lowest BCUT2D eigenvalue weighted by Gasteiger charge is -2.22. The molecule has 0 aromatic heterocycles. The average molecular weight is 869 g/mol. The molecule has 2 aliphatic rings. The van der Waals surface area contributed by atoms with Crippen molar-refractivity contribution in [2.24, 2.45) is 0 Å². The van der Waals surface area contributed by atoms with Gasteiger partial charge in [0.15, 0.2) is 0 Å². The van der Waals surface area contributed by atoms with Crippen molar-refractivity contribution in [3.05, 3.63) is 188 Å². The zero-order chi connectivity index (χ0) is 48.1. The molecule has 7 rings (SSSR count). The van der Waals surface area contributed by atoms with Crippen LogP contribution in [0.1, 0.15) is 171 Å². The van der Waals surface area contributed by atoms with Crippen LogP contribution in [0.4, 0.5) is 4.39 Å². The highest BCUT2D eigenvalue weighted by Crippen LogP contribution is 2.32. The van der Waals surface area contributed by atoms with E-state index in [4.69, 9.17) is 14.9 Å². The van der Waals surface area contributed by atoms with E-state index in [0.717, 1.165) is 24.0 Å². The maximum atomic E-state index is 13.0. The molecule has 0 saturated heterocycles. The minimum Gasteiger partial charge on any atom is -0.392 e. The Morgan fingerprint density at radius 3 is 1.44 bits per heavy atom. The predicted octanol–water partition coefficient (Wildman–Crippen LogP) is 15.3. The molecule has 5 aromatic rings. The maximum absolute atomic E-state index is 13.0. The van der Waals surface area contributed by atoms with E-state index in [-0.39, 0.29) is 46.1 Å². The van der Waals surface area contributed by atoms with Crippen LogP contribution in [0, 0.1) is 5.82 Å². The molecule has 4 heteroatoms.